The predicted octanol–water partition coefficient (Wildman–Crippen LogP) is 17.6. The molecule has 0 bridgehead atoms. The first-order valence-corrected chi connectivity index (χ1v) is 22.6. The first-order chi connectivity index (χ1) is 31.5. The number of hydrogen-bond donors (Lipinski definition) is 0. The van der Waals surface area contributed by atoms with E-state index in [4.69, 9.17) is 4.42 Å². The molecule has 1 aromatic heterocycles. The quantitative estimate of drug-likeness (QED) is 0.149. The second-order valence-corrected chi connectivity index (χ2v) is 17.9. The van der Waals surface area contributed by atoms with Crippen molar-refractivity contribution in [2.24, 2.45) is 0 Å². The van der Waals surface area contributed by atoms with Gasteiger partial charge in [-0.2, -0.15) is 0 Å². The van der Waals surface area contributed by atoms with E-state index >= 15 is 0 Å². The molecular weight excluding hydrogens is 775 g/mol. The Morgan fingerprint density at radius 2 is 1.25 bits per heavy atom. The third-order valence-corrected chi connectivity index (χ3v) is 13.9. The van der Waals surface area contributed by atoms with E-state index in [2.05, 4.69) is 238 Å². The molecular formula is C62H47NO. The van der Waals surface area contributed by atoms with Crippen LogP contribution in [0.1, 0.15) is 55.4 Å². The molecule has 2 aliphatic rings. The van der Waals surface area contributed by atoms with E-state index < -0.39 is 0 Å². The van der Waals surface area contributed by atoms with E-state index in [0.29, 0.717) is 0 Å². The number of furan rings is 1. The molecule has 0 saturated carbocycles. The number of hydrogen-bond acceptors (Lipinski definition) is 2. The van der Waals surface area contributed by atoms with Crippen molar-refractivity contribution in [2.75, 3.05) is 4.90 Å². The van der Waals surface area contributed by atoms with Gasteiger partial charge in [0, 0.05) is 50.8 Å². The zero-order chi connectivity index (χ0) is 42.9. The fourth-order valence-corrected chi connectivity index (χ4v) is 11.1. The van der Waals surface area contributed by atoms with E-state index in [-0.39, 0.29) is 11.3 Å². The van der Waals surface area contributed by atoms with Crippen molar-refractivity contribution in [1.29, 1.82) is 0 Å². The lowest BCUT2D eigenvalue weighted by Crippen LogP contribution is -2.23. The minimum absolute atomic E-state index is 0.217. The first kappa shape index (κ1) is 38.0. The summed E-state index contributed by atoms with van der Waals surface area (Å²) in [5.74, 6) is 0.217. The molecule has 0 saturated heterocycles. The van der Waals surface area contributed by atoms with Gasteiger partial charge in [0.15, 0.2) is 0 Å². The maximum atomic E-state index is 7.32. The third kappa shape index (κ3) is 6.01. The maximum Gasteiger partial charge on any atom is 0.144 e. The summed E-state index contributed by atoms with van der Waals surface area (Å²) >= 11 is 0. The number of fused-ring (bicyclic) bond motifs is 11. The molecule has 0 fully saturated rings. The van der Waals surface area contributed by atoms with Crippen LogP contribution in [0.4, 0.5) is 17.1 Å². The van der Waals surface area contributed by atoms with E-state index in [0.717, 1.165) is 40.0 Å². The molecule has 0 aliphatic heterocycles. The van der Waals surface area contributed by atoms with Gasteiger partial charge in [-0.15, -0.1) is 0 Å². The van der Waals surface area contributed by atoms with Crippen LogP contribution < -0.4 is 4.90 Å². The van der Waals surface area contributed by atoms with Crippen LogP contribution in [-0.4, -0.2) is 0 Å². The van der Waals surface area contributed by atoms with Crippen LogP contribution in [0, 0.1) is 0 Å². The Morgan fingerprint density at radius 3 is 2.06 bits per heavy atom. The molecule has 10 aromatic rings. The Bertz CT molecular complexity index is 3610. The highest BCUT2D eigenvalue weighted by Crippen LogP contribution is 2.59. The van der Waals surface area contributed by atoms with Gasteiger partial charge in [-0.3, -0.25) is 0 Å². The average Bonchev–Trinajstić information content (AvgIpc) is 3.84. The van der Waals surface area contributed by atoms with Crippen molar-refractivity contribution in [2.45, 2.75) is 38.5 Å². The predicted molar refractivity (Wildman–Crippen MR) is 273 cm³/mol. The summed E-state index contributed by atoms with van der Waals surface area (Å²) in [6.45, 7) is 6.95. The highest BCUT2D eigenvalue weighted by molar-refractivity contribution is 6.24. The molecule has 64 heavy (non-hydrogen) atoms. The van der Waals surface area contributed by atoms with Crippen molar-refractivity contribution in [3.05, 3.63) is 234 Å². The maximum absolute atomic E-state index is 7.32. The van der Waals surface area contributed by atoms with Crippen LogP contribution in [0.2, 0.25) is 0 Å². The molecule has 12 rings (SSSR count). The molecule has 9 aromatic carbocycles. The Balaban J connectivity index is 1.05. The lowest BCUT2D eigenvalue weighted by atomic mass is 9.70. The van der Waals surface area contributed by atoms with Gasteiger partial charge in [-0.05, 0) is 121 Å². The lowest BCUT2D eigenvalue weighted by Gasteiger charge is -2.33. The van der Waals surface area contributed by atoms with Crippen LogP contribution in [0.3, 0.4) is 0 Å². The molecule has 0 N–H and O–H groups in total. The zero-order valence-electron chi connectivity index (χ0n) is 36.3. The third-order valence-electron chi connectivity index (χ3n) is 13.9. The van der Waals surface area contributed by atoms with Crippen molar-refractivity contribution >= 4 is 83.0 Å². The van der Waals surface area contributed by atoms with Gasteiger partial charge in [-0.1, -0.05) is 184 Å². The fourth-order valence-electron chi connectivity index (χ4n) is 11.1. The van der Waals surface area contributed by atoms with Gasteiger partial charge in [0.2, 0.25) is 0 Å². The Hall–Kier alpha value is -7.68. The van der Waals surface area contributed by atoms with Crippen LogP contribution in [-0.2, 0) is 5.41 Å². The molecule has 2 nitrogen and oxygen atoms in total. The molecule has 0 spiro atoms. The van der Waals surface area contributed by atoms with Gasteiger partial charge in [0.25, 0.3) is 0 Å². The molecule has 306 valence electrons. The monoisotopic (exact) mass is 821 g/mol. The zero-order valence-corrected chi connectivity index (χ0v) is 36.3. The van der Waals surface area contributed by atoms with E-state index in [1.807, 2.05) is 0 Å². The second-order valence-electron chi connectivity index (χ2n) is 17.9. The summed E-state index contributed by atoms with van der Waals surface area (Å²) in [6, 6.07) is 64.3. The van der Waals surface area contributed by atoms with Crippen LogP contribution in [0.25, 0.3) is 77.0 Å². The summed E-state index contributed by atoms with van der Waals surface area (Å²) in [4.78, 5) is 2.36. The van der Waals surface area contributed by atoms with Crippen LogP contribution in [0.5, 0.6) is 0 Å². The number of anilines is 3. The largest absolute Gasteiger partial charge is 0.455 e. The van der Waals surface area contributed by atoms with Crippen LogP contribution in [0.15, 0.2) is 216 Å². The Kier molecular flexibility index (Phi) is 8.91. The van der Waals surface area contributed by atoms with Crippen molar-refractivity contribution in [1.82, 2.24) is 0 Å². The van der Waals surface area contributed by atoms with Crippen LogP contribution >= 0.6 is 0 Å². The number of rotatable bonds is 7. The molecule has 0 amide bonds. The molecule has 1 heterocycles. The Labute approximate surface area is 374 Å². The molecule has 1 atom stereocenters. The van der Waals surface area contributed by atoms with Gasteiger partial charge in [-0.25, -0.2) is 0 Å². The summed E-state index contributed by atoms with van der Waals surface area (Å²) in [7, 11) is 0. The van der Waals surface area contributed by atoms with Gasteiger partial charge >= 0.3 is 0 Å². The Morgan fingerprint density at radius 1 is 0.578 bits per heavy atom. The topological polar surface area (TPSA) is 16.4 Å². The summed E-state index contributed by atoms with van der Waals surface area (Å²) in [5, 5.41) is 9.82. The minimum Gasteiger partial charge on any atom is -0.455 e. The van der Waals surface area contributed by atoms with Gasteiger partial charge in [0.05, 0.1) is 0 Å². The normalized spacial score (nSPS) is 15.7. The number of allylic oxidation sites excluding steroid dienone is 7. The first-order valence-electron chi connectivity index (χ1n) is 22.6. The molecule has 2 aliphatic carbocycles. The van der Waals surface area contributed by atoms with Crippen molar-refractivity contribution < 1.29 is 4.42 Å². The SMILES string of the molecule is C/C=C\C=C/c1cc(C2CC=CC3=C2C(C)(C)c2c3c3oc4cc(N(c5ccc(-c6ccccc6)cc5)c5ccc6ccccc6c5)ccc4c3c3ccccc23)cc2ccccc12. The molecule has 0 radical (unpaired) electrons. The minimum atomic E-state index is -0.247. The summed E-state index contributed by atoms with van der Waals surface area (Å²) < 4.78 is 7.32. The van der Waals surface area contributed by atoms with Crippen molar-refractivity contribution in [3.63, 3.8) is 0 Å². The summed E-state index contributed by atoms with van der Waals surface area (Å²) in [5.41, 5.74) is 15.2. The van der Waals surface area contributed by atoms with Gasteiger partial charge in [0.1, 0.15) is 11.2 Å². The molecule has 2 heteroatoms. The standard InChI is InChI=1S/C62H47NO/c1-4-5-7-21-44-36-46(37-45-22-12-13-23-50(44)45)51-26-16-27-55-58-60(62(2,3)59(51)55)53-25-15-14-24-52(53)57-54-35-34-49(39-56(54)64-61(57)58)63(48-33-30-41-19-10-11-20-43(41)38-48)47-31-28-42(29-32-47)40-17-8-6-9-18-40/h4-25,27-39,51H,26H2,1-3H3/b5-4-,21-7-. The number of nitrogens with zero attached hydrogens (tertiary/aromatic N) is 1. The highest BCUT2D eigenvalue weighted by atomic mass is 16.3. The molecule has 1 unspecified atom stereocenters. The highest BCUT2D eigenvalue weighted by Gasteiger charge is 2.45. The van der Waals surface area contributed by atoms with E-state index in [1.54, 1.807) is 0 Å². The summed E-state index contributed by atoms with van der Waals surface area (Å²) in [6.07, 6.45) is 14.3. The lowest BCUT2D eigenvalue weighted by molar-refractivity contribution is 0.576. The smallest absolute Gasteiger partial charge is 0.144 e. The van der Waals surface area contributed by atoms with Crippen molar-refractivity contribution in [3.8, 4) is 11.1 Å². The van der Waals surface area contributed by atoms with E-state index in [1.165, 1.54) is 82.2 Å². The van der Waals surface area contributed by atoms with Gasteiger partial charge < -0.3 is 9.32 Å². The fraction of sp³-hybridized carbons (Fsp3) is 0.0968. The average molecular weight is 822 g/mol. The second kappa shape index (κ2) is 15.0. The number of benzene rings is 9. The van der Waals surface area contributed by atoms with E-state index in [9.17, 15) is 0 Å².